The highest BCUT2D eigenvalue weighted by Gasteiger charge is 2.44. The van der Waals surface area contributed by atoms with Crippen LogP contribution in [0.5, 0.6) is 0 Å². The summed E-state index contributed by atoms with van der Waals surface area (Å²) in [7, 11) is 0. The number of hydrogen-bond acceptors (Lipinski definition) is 20. The highest BCUT2D eigenvalue weighted by Crippen LogP contribution is 2.47. The van der Waals surface area contributed by atoms with Gasteiger partial charge in [-0.2, -0.15) is 0 Å². The van der Waals surface area contributed by atoms with Crippen LogP contribution in [-0.2, 0) is 76.1 Å². The van der Waals surface area contributed by atoms with E-state index in [4.69, 9.17) is 47.4 Å². The standard InChI is InChI=1S/C64H102N4O20/c1-42(2)53(71)83-34-49(35-84-54(72)43(3)4)87-57(75)65-40-63(14)32-47(30-61(10,11)38-63)67-59(77)81-27-19-16-18-26-79-51(69)23-21-24-52(70)80-29-25-46(9)22-17-20-28-82-60(78)68-48-31-62(12,13)39-64(15,33-48)41-66-58(76)88-50(36-85-55(73)44(5)6)37-86-56(74)45(7)8/h46-50H,1,3,5,7,16-41H2,2,4,6,8-15H3,(H,65,75)(H,66,76)(H,67,77)(H,68,78). The Labute approximate surface area is 520 Å². The highest BCUT2D eigenvalue weighted by molar-refractivity contribution is 5.88. The van der Waals surface area contributed by atoms with E-state index in [0.29, 0.717) is 64.2 Å². The van der Waals surface area contributed by atoms with Crippen molar-refractivity contribution in [3.05, 3.63) is 48.6 Å². The van der Waals surface area contributed by atoms with Gasteiger partial charge in [-0.1, -0.05) is 81.2 Å². The Bertz CT molecular complexity index is 2360. The van der Waals surface area contributed by atoms with Crippen LogP contribution in [0.15, 0.2) is 48.6 Å². The topological polar surface area (TPSA) is 311 Å². The Hall–Kier alpha value is -7.14. The quantitative estimate of drug-likeness (QED) is 0.0193. The zero-order valence-electron chi connectivity index (χ0n) is 54.3. The predicted molar refractivity (Wildman–Crippen MR) is 325 cm³/mol. The minimum absolute atomic E-state index is 0.0735. The summed E-state index contributed by atoms with van der Waals surface area (Å²) >= 11 is 0. The maximum atomic E-state index is 12.9. The molecule has 0 heterocycles. The number of esters is 6. The van der Waals surface area contributed by atoms with Crippen LogP contribution in [0.4, 0.5) is 19.2 Å². The molecule has 4 amide bonds. The van der Waals surface area contributed by atoms with Crippen molar-refractivity contribution < 1.29 is 95.3 Å². The third-order valence-electron chi connectivity index (χ3n) is 14.6. The Morgan fingerprint density at radius 1 is 0.420 bits per heavy atom. The van der Waals surface area contributed by atoms with Crippen LogP contribution in [0, 0.1) is 27.6 Å². The maximum Gasteiger partial charge on any atom is 0.407 e. The normalized spacial score (nSPS) is 19.4. The van der Waals surface area contributed by atoms with Gasteiger partial charge in [0.05, 0.1) is 26.4 Å². The summed E-state index contributed by atoms with van der Waals surface area (Å²) in [6, 6.07) is -0.458. The van der Waals surface area contributed by atoms with E-state index in [9.17, 15) is 47.9 Å². The Kier molecular flexibility index (Phi) is 33.5. The SMILES string of the molecule is C=C(C)C(=O)OCC(COC(=O)C(=C)C)OC(=O)NCC1(C)CC(NC(=O)OCCCCCOC(=O)CCCC(=O)OCCC(C)CCCCOC(=O)NC2CC(C)(C)CC(C)(CNC(=O)OC(COC(=O)C(=C)C)COC(=O)C(=C)C)C2)CC(C)(C)C1. The molecule has 5 atom stereocenters. The summed E-state index contributed by atoms with van der Waals surface area (Å²) in [6.07, 6.45) is 4.30. The smallest absolute Gasteiger partial charge is 0.407 e. The molecular formula is C64H102N4O20. The number of hydrogen-bond donors (Lipinski definition) is 4. The highest BCUT2D eigenvalue weighted by atomic mass is 16.6. The van der Waals surface area contributed by atoms with Crippen molar-refractivity contribution in [3.8, 4) is 0 Å². The summed E-state index contributed by atoms with van der Waals surface area (Å²) in [5, 5.41) is 11.5. The molecule has 0 bridgehead atoms. The fourth-order valence-corrected chi connectivity index (χ4v) is 11.0. The lowest BCUT2D eigenvalue weighted by Crippen LogP contribution is -2.50. The molecule has 0 aromatic carbocycles. The number of ether oxygens (including phenoxy) is 10. The molecule has 2 fully saturated rings. The van der Waals surface area contributed by atoms with Gasteiger partial charge in [-0.3, -0.25) is 9.59 Å². The molecule has 2 aliphatic rings. The molecule has 0 aromatic rings. The van der Waals surface area contributed by atoms with Crippen LogP contribution in [-0.4, -0.2) is 150 Å². The monoisotopic (exact) mass is 1250 g/mol. The minimum atomic E-state index is -1.09. The second-order valence-electron chi connectivity index (χ2n) is 26.1. The minimum Gasteiger partial charge on any atom is -0.466 e. The van der Waals surface area contributed by atoms with Crippen molar-refractivity contribution in [1.82, 2.24) is 21.3 Å². The summed E-state index contributed by atoms with van der Waals surface area (Å²) in [5.74, 6) is -3.29. The van der Waals surface area contributed by atoms with Crippen LogP contribution in [0.2, 0.25) is 0 Å². The number of nitrogens with one attached hydrogen (secondary N) is 4. The molecular weight excluding hydrogens is 1140 g/mol. The van der Waals surface area contributed by atoms with Gasteiger partial charge in [0.1, 0.15) is 26.4 Å². The van der Waals surface area contributed by atoms with Crippen molar-refractivity contribution in [2.24, 2.45) is 27.6 Å². The first-order valence-electron chi connectivity index (χ1n) is 30.5. The van der Waals surface area contributed by atoms with Gasteiger partial charge >= 0.3 is 60.2 Å². The van der Waals surface area contributed by atoms with Gasteiger partial charge < -0.3 is 68.6 Å². The lowest BCUT2D eigenvalue weighted by Gasteiger charge is -2.46. The third-order valence-corrected chi connectivity index (χ3v) is 14.6. The second kappa shape index (κ2) is 38.3. The summed E-state index contributed by atoms with van der Waals surface area (Å²) in [6.45, 7) is 34.3. The molecule has 24 heteroatoms. The van der Waals surface area contributed by atoms with E-state index >= 15 is 0 Å². The van der Waals surface area contributed by atoms with Gasteiger partial charge in [0.15, 0.2) is 12.2 Å². The van der Waals surface area contributed by atoms with Gasteiger partial charge in [0.25, 0.3) is 0 Å². The molecule has 2 rings (SSSR count). The molecule has 2 saturated carbocycles. The lowest BCUT2D eigenvalue weighted by atomic mass is 9.62. The maximum absolute atomic E-state index is 12.9. The molecule has 5 unspecified atom stereocenters. The molecule has 0 saturated heterocycles. The molecule has 0 radical (unpaired) electrons. The van der Waals surface area contributed by atoms with Gasteiger partial charge in [-0.25, -0.2) is 38.4 Å². The van der Waals surface area contributed by atoms with Crippen LogP contribution in [0.25, 0.3) is 0 Å². The third kappa shape index (κ3) is 33.8. The number of amides is 4. The van der Waals surface area contributed by atoms with Crippen LogP contribution in [0.3, 0.4) is 0 Å². The lowest BCUT2D eigenvalue weighted by molar-refractivity contribution is -0.149. The number of carbonyl (C=O) groups is 10. The number of unbranched alkanes of at least 4 members (excludes halogenated alkanes) is 3. The van der Waals surface area contributed by atoms with E-state index in [2.05, 4.69) is 82.2 Å². The zero-order chi connectivity index (χ0) is 66.3. The number of alkyl carbamates (subject to hydrolysis) is 4. The summed E-state index contributed by atoms with van der Waals surface area (Å²) in [4.78, 5) is 124. The molecule has 2 aliphatic carbocycles. The van der Waals surface area contributed by atoms with Gasteiger partial charge in [0, 0.05) is 60.3 Å². The molecule has 24 nitrogen and oxygen atoms in total. The number of rotatable bonds is 38. The van der Waals surface area contributed by atoms with Gasteiger partial charge in [0.2, 0.25) is 0 Å². The van der Waals surface area contributed by atoms with Crippen molar-refractivity contribution in [3.63, 3.8) is 0 Å². The molecule has 4 N–H and O–H groups in total. The number of carbonyl (C=O) groups excluding carboxylic acids is 10. The Morgan fingerprint density at radius 3 is 1.12 bits per heavy atom. The summed E-state index contributed by atoms with van der Waals surface area (Å²) in [5.41, 5.74) is -0.630. The first kappa shape index (κ1) is 77.0. The van der Waals surface area contributed by atoms with Gasteiger partial charge in [-0.05, 0) is 139 Å². The first-order chi connectivity index (χ1) is 41.1. The van der Waals surface area contributed by atoms with Crippen molar-refractivity contribution >= 4 is 60.2 Å². The van der Waals surface area contributed by atoms with E-state index in [1.165, 1.54) is 27.7 Å². The van der Waals surface area contributed by atoms with E-state index in [0.717, 1.165) is 25.7 Å². The second-order valence-corrected chi connectivity index (χ2v) is 26.1. The predicted octanol–water partition coefficient (Wildman–Crippen LogP) is 9.90. The Morgan fingerprint density at radius 2 is 0.761 bits per heavy atom. The van der Waals surface area contributed by atoms with Crippen LogP contribution < -0.4 is 21.3 Å². The fraction of sp³-hybridized carbons (Fsp3) is 0.719. The van der Waals surface area contributed by atoms with Crippen LogP contribution in [0.1, 0.15) is 179 Å². The fourth-order valence-electron chi connectivity index (χ4n) is 11.0. The van der Waals surface area contributed by atoms with E-state index in [1.54, 1.807) is 0 Å². The zero-order valence-corrected chi connectivity index (χ0v) is 54.3. The average Bonchev–Trinajstić information content (AvgIpc) is 1.39. The van der Waals surface area contributed by atoms with E-state index < -0.39 is 83.2 Å². The Balaban J connectivity index is 1.59. The van der Waals surface area contributed by atoms with Crippen molar-refractivity contribution in [1.29, 1.82) is 0 Å². The van der Waals surface area contributed by atoms with Crippen molar-refractivity contribution in [2.75, 3.05) is 65.9 Å². The molecule has 498 valence electrons. The largest absolute Gasteiger partial charge is 0.466 e. The van der Waals surface area contributed by atoms with Gasteiger partial charge in [-0.15, -0.1) is 0 Å². The first-order valence-corrected chi connectivity index (χ1v) is 30.5. The molecule has 0 aromatic heterocycles. The van der Waals surface area contributed by atoms with Crippen molar-refractivity contribution in [2.45, 2.75) is 203 Å². The van der Waals surface area contributed by atoms with E-state index in [-0.39, 0.29) is 130 Å². The summed E-state index contributed by atoms with van der Waals surface area (Å²) < 4.78 is 53.2. The van der Waals surface area contributed by atoms with Crippen LogP contribution >= 0.6 is 0 Å². The molecule has 0 aliphatic heterocycles. The molecule has 0 spiro atoms. The molecule has 88 heavy (non-hydrogen) atoms. The van der Waals surface area contributed by atoms with E-state index in [1.807, 2.05) is 13.8 Å². The average molecular weight is 1250 g/mol.